The molecule has 1 aliphatic heterocycles. The molecule has 2 aliphatic carbocycles. The Morgan fingerprint density at radius 1 is 0.969 bits per heavy atom. The van der Waals surface area contributed by atoms with Gasteiger partial charge in [0.2, 0.25) is 15.9 Å². The predicted molar refractivity (Wildman–Crippen MR) is 122 cm³/mol. The van der Waals surface area contributed by atoms with Crippen LogP contribution in [0.1, 0.15) is 55.3 Å². The molecule has 0 bridgehead atoms. The fourth-order valence-electron chi connectivity index (χ4n) is 4.57. The minimum atomic E-state index is -3.57. The third-order valence-electron chi connectivity index (χ3n) is 6.84. The number of nitrogens with zero attached hydrogens (tertiary/aromatic N) is 3. The van der Waals surface area contributed by atoms with Crippen molar-refractivity contribution in [2.75, 3.05) is 39.8 Å². The first-order valence-electron chi connectivity index (χ1n) is 11.7. The molecule has 32 heavy (non-hydrogen) atoms. The van der Waals surface area contributed by atoms with Gasteiger partial charge < -0.3 is 10.2 Å². The first kappa shape index (κ1) is 23.2. The van der Waals surface area contributed by atoms with Gasteiger partial charge in [-0.05, 0) is 49.9 Å². The lowest BCUT2D eigenvalue weighted by Gasteiger charge is -2.34. The second-order valence-corrected chi connectivity index (χ2v) is 11.2. The second kappa shape index (κ2) is 9.89. The number of carbonyl (C=O) groups excluding carboxylic acids is 2. The van der Waals surface area contributed by atoms with E-state index in [1.165, 1.54) is 10.7 Å². The standard InChI is InChI=1S/C23H34N4O4S/c1-25(20-5-3-2-4-6-20)32(30,31)21-11-7-18(8-12-21)23(29)27-15-13-26(14-16-27)17-22(28)24-19-9-10-19/h7-8,11-12,19-20H,2-6,9-10,13-17H2,1H3,(H,24,28). The molecule has 8 nitrogen and oxygen atoms in total. The van der Waals surface area contributed by atoms with E-state index in [9.17, 15) is 18.0 Å². The summed E-state index contributed by atoms with van der Waals surface area (Å²) < 4.78 is 27.5. The molecule has 1 N–H and O–H groups in total. The van der Waals surface area contributed by atoms with E-state index >= 15 is 0 Å². The molecular formula is C23H34N4O4S. The normalized spacial score (nSPS) is 21.0. The molecule has 3 fully saturated rings. The van der Waals surface area contributed by atoms with Gasteiger partial charge in [0, 0.05) is 50.9 Å². The summed E-state index contributed by atoms with van der Waals surface area (Å²) in [5.74, 6) is -0.0427. The summed E-state index contributed by atoms with van der Waals surface area (Å²) in [5.41, 5.74) is 0.490. The van der Waals surface area contributed by atoms with Gasteiger partial charge >= 0.3 is 0 Å². The van der Waals surface area contributed by atoms with Gasteiger partial charge in [0.05, 0.1) is 11.4 Å². The first-order valence-corrected chi connectivity index (χ1v) is 13.2. The van der Waals surface area contributed by atoms with Crippen LogP contribution >= 0.6 is 0 Å². The molecule has 1 aromatic carbocycles. The fraction of sp³-hybridized carbons (Fsp3) is 0.652. The molecule has 0 unspecified atom stereocenters. The third-order valence-corrected chi connectivity index (χ3v) is 8.76. The number of piperazine rings is 1. The molecule has 2 amide bonds. The van der Waals surface area contributed by atoms with E-state index in [0.29, 0.717) is 44.3 Å². The molecular weight excluding hydrogens is 428 g/mol. The smallest absolute Gasteiger partial charge is 0.253 e. The Kier molecular flexibility index (Phi) is 7.17. The van der Waals surface area contributed by atoms with Crippen molar-refractivity contribution in [3.05, 3.63) is 29.8 Å². The lowest BCUT2D eigenvalue weighted by molar-refractivity contribution is -0.122. The van der Waals surface area contributed by atoms with Crippen molar-refractivity contribution in [2.45, 2.75) is 61.9 Å². The zero-order chi connectivity index (χ0) is 22.7. The Balaban J connectivity index is 1.31. The average molecular weight is 463 g/mol. The highest BCUT2D eigenvalue weighted by atomic mass is 32.2. The fourth-order valence-corrected chi connectivity index (χ4v) is 5.99. The number of rotatable bonds is 7. The molecule has 1 aromatic rings. The van der Waals surface area contributed by atoms with Crippen LogP contribution in [0, 0.1) is 0 Å². The minimum absolute atomic E-state index is 0.0534. The zero-order valence-electron chi connectivity index (χ0n) is 18.8. The molecule has 9 heteroatoms. The van der Waals surface area contributed by atoms with E-state index < -0.39 is 10.0 Å². The molecule has 0 atom stereocenters. The number of nitrogens with one attached hydrogen (secondary N) is 1. The third kappa shape index (κ3) is 5.50. The second-order valence-electron chi connectivity index (χ2n) is 9.25. The van der Waals surface area contributed by atoms with Gasteiger partial charge in [-0.1, -0.05) is 19.3 Å². The monoisotopic (exact) mass is 462 g/mol. The van der Waals surface area contributed by atoms with Crippen molar-refractivity contribution in [1.29, 1.82) is 0 Å². The maximum absolute atomic E-state index is 13.0. The number of benzene rings is 1. The van der Waals surface area contributed by atoms with Gasteiger partial charge in [-0.2, -0.15) is 4.31 Å². The summed E-state index contributed by atoms with van der Waals surface area (Å²) in [5, 5.41) is 2.99. The van der Waals surface area contributed by atoms with Crippen LogP contribution in [0.2, 0.25) is 0 Å². The van der Waals surface area contributed by atoms with E-state index in [1.807, 2.05) is 0 Å². The van der Waals surface area contributed by atoms with Crippen LogP contribution in [0.5, 0.6) is 0 Å². The summed E-state index contributed by atoms with van der Waals surface area (Å²) in [6.07, 6.45) is 7.26. The highest BCUT2D eigenvalue weighted by Crippen LogP contribution is 2.26. The van der Waals surface area contributed by atoms with Gasteiger partial charge in [0.1, 0.15) is 0 Å². The molecule has 0 radical (unpaired) electrons. The highest BCUT2D eigenvalue weighted by Gasteiger charge is 2.30. The van der Waals surface area contributed by atoms with Crippen molar-refractivity contribution in [3.63, 3.8) is 0 Å². The number of hydrogen-bond donors (Lipinski definition) is 1. The van der Waals surface area contributed by atoms with Crippen molar-refractivity contribution >= 4 is 21.8 Å². The summed E-state index contributed by atoms with van der Waals surface area (Å²) in [7, 11) is -1.90. The largest absolute Gasteiger partial charge is 0.352 e. The maximum Gasteiger partial charge on any atom is 0.253 e. The van der Waals surface area contributed by atoms with E-state index in [2.05, 4.69) is 10.2 Å². The number of sulfonamides is 1. The Bertz CT molecular complexity index is 916. The summed E-state index contributed by atoms with van der Waals surface area (Å²) in [4.78, 5) is 28.9. The van der Waals surface area contributed by atoms with Crippen LogP contribution in [-0.2, 0) is 14.8 Å². The quantitative estimate of drug-likeness (QED) is 0.666. The van der Waals surface area contributed by atoms with Gasteiger partial charge in [-0.15, -0.1) is 0 Å². The van der Waals surface area contributed by atoms with Crippen LogP contribution in [0.3, 0.4) is 0 Å². The first-order chi connectivity index (χ1) is 15.3. The molecule has 1 heterocycles. The zero-order valence-corrected chi connectivity index (χ0v) is 19.6. The summed E-state index contributed by atoms with van der Waals surface area (Å²) in [6.45, 7) is 2.80. The van der Waals surface area contributed by atoms with Gasteiger partial charge in [-0.25, -0.2) is 8.42 Å². The van der Waals surface area contributed by atoms with Crippen LogP contribution in [0.4, 0.5) is 0 Å². The molecule has 3 aliphatic rings. The van der Waals surface area contributed by atoms with Crippen molar-refractivity contribution in [2.24, 2.45) is 0 Å². The number of carbonyl (C=O) groups is 2. The van der Waals surface area contributed by atoms with Crippen LogP contribution in [-0.4, -0.2) is 86.2 Å². The van der Waals surface area contributed by atoms with E-state index in [-0.39, 0.29) is 22.8 Å². The molecule has 176 valence electrons. The Morgan fingerprint density at radius 3 is 2.19 bits per heavy atom. The van der Waals surface area contributed by atoms with Gasteiger partial charge in [0.15, 0.2) is 0 Å². The van der Waals surface area contributed by atoms with E-state index in [0.717, 1.165) is 38.5 Å². The van der Waals surface area contributed by atoms with Crippen LogP contribution in [0.25, 0.3) is 0 Å². The maximum atomic E-state index is 13.0. The lowest BCUT2D eigenvalue weighted by atomic mass is 9.96. The number of amides is 2. The number of hydrogen-bond acceptors (Lipinski definition) is 5. The van der Waals surface area contributed by atoms with Gasteiger partial charge in [0.25, 0.3) is 5.91 Å². The molecule has 2 saturated carbocycles. The minimum Gasteiger partial charge on any atom is -0.352 e. The van der Waals surface area contributed by atoms with E-state index in [4.69, 9.17) is 0 Å². The highest BCUT2D eigenvalue weighted by molar-refractivity contribution is 7.89. The molecule has 4 rings (SSSR count). The topological polar surface area (TPSA) is 90.0 Å². The lowest BCUT2D eigenvalue weighted by Crippen LogP contribution is -2.51. The van der Waals surface area contributed by atoms with Gasteiger partial charge in [-0.3, -0.25) is 14.5 Å². The predicted octanol–water partition coefficient (Wildman–Crippen LogP) is 1.68. The SMILES string of the molecule is CN(C1CCCCC1)S(=O)(=O)c1ccc(C(=O)N2CCN(CC(=O)NC3CC3)CC2)cc1. The summed E-state index contributed by atoms with van der Waals surface area (Å²) >= 11 is 0. The Hall–Kier alpha value is -1.97. The molecule has 1 saturated heterocycles. The van der Waals surface area contributed by atoms with E-state index in [1.54, 1.807) is 36.2 Å². The summed E-state index contributed by atoms with van der Waals surface area (Å²) in [6, 6.07) is 6.72. The molecule has 0 aromatic heterocycles. The average Bonchev–Trinajstić information content (AvgIpc) is 3.63. The molecule has 0 spiro atoms. The van der Waals surface area contributed by atoms with Crippen molar-refractivity contribution < 1.29 is 18.0 Å². The van der Waals surface area contributed by atoms with Crippen molar-refractivity contribution in [3.8, 4) is 0 Å². The van der Waals surface area contributed by atoms with Crippen LogP contribution < -0.4 is 5.32 Å². The Morgan fingerprint density at radius 2 is 1.59 bits per heavy atom. The van der Waals surface area contributed by atoms with Crippen molar-refractivity contribution in [1.82, 2.24) is 19.4 Å². The van der Waals surface area contributed by atoms with Crippen LogP contribution in [0.15, 0.2) is 29.2 Å². The Labute approximate surface area is 191 Å².